The molecule has 1 aromatic heterocycles. The molecule has 1 aromatic carbocycles. The van der Waals surface area contributed by atoms with Crippen LogP contribution in [-0.2, 0) is 6.42 Å². The van der Waals surface area contributed by atoms with Gasteiger partial charge < -0.3 is 10.0 Å². The van der Waals surface area contributed by atoms with Gasteiger partial charge >= 0.3 is 5.97 Å². The molecular weight excluding hydrogens is 321 g/mol. The number of aromatic carboxylic acids is 1. The van der Waals surface area contributed by atoms with E-state index in [1.54, 1.807) is 6.20 Å². The summed E-state index contributed by atoms with van der Waals surface area (Å²) < 4.78 is 13.6. The van der Waals surface area contributed by atoms with Crippen LogP contribution in [0.3, 0.4) is 0 Å². The number of halogens is 1. The molecule has 1 aliphatic heterocycles. The molecule has 0 spiro atoms. The summed E-state index contributed by atoms with van der Waals surface area (Å²) in [4.78, 5) is 22.6. The quantitative estimate of drug-likeness (QED) is 0.903. The maximum Gasteiger partial charge on any atom is 0.336 e. The molecule has 1 saturated heterocycles. The van der Waals surface area contributed by atoms with Crippen LogP contribution in [0.5, 0.6) is 0 Å². The molecule has 0 saturated carbocycles. The van der Waals surface area contributed by atoms with Crippen molar-refractivity contribution < 1.29 is 14.3 Å². The van der Waals surface area contributed by atoms with Gasteiger partial charge in [0.1, 0.15) is 5.82 Å². The third-order valence-electron chi connectivity index (χ3n) is 4.72. The number of nitrogens with zero attached hydrogens (tertiary/aromatic N) is 3. The second-order valence-electron chi connectivity index (χ2n) is 6.84. The summed E-state index contributed by atoms with van der Waals surface area (Å²) >= 11 is 0. The highest BCUT2D eigenvalue weighted by Gasteiger charge is 2.25. The standard InChI is InChI=1S/C19H22FN3O2/c1-12(2)23-6-5-13(11-23)7-15-9-21-10-18(22-15)17-8-14(20)3-4-16(17)19(24)25/h3-4,8-10,12-13H,5-7,11H2,1-2H3,(H,24,25). The van der Waals surface area contributed by atoms with Crippen molar-refractivity contribution >= 4 is 5.97 Å². The summed E-state index contributed by atoms with van der Waals surface area (Å²) in [6.45, 7) is 6.51. The van der Waals surface area contributed by atoms with Crippen LogP contribution in [0.15, 0.2) is 30.6 Å². The van der Waals surface area contributed by atoms with E-state index in [1.165, 1.54) is 18.3 Å². The Labute approximate surface area is 146 Å². The van der Waals surface area contributed by atoms with E-state index in [9.17, 15) is 14.3 Å². The Morgan fingerprint density at radius 2 is 2.20 bits per heavy atom. The van der Waals surface area contributed by atoms with Crippen LogP contribution in [0.25, 0.3) is 11.3 Å². The van der Waals surface area contributed by atoms with Crippen molar-refractivity contribution in [3.63, 3.8) is 0 Å². The average Bonchev–Trinajstić information content (AvgIpc) is 3.03. The largest absolute Gasteiger partial charge is 0.478 e. The number of aromatic nitrogens is 2. The third-order valence-corrected chi connectivity index (χ3v) is 4.72. The summed E-state index contributed by atoms with van der Waals surface area (Å²) in [5, 5.41) is 9.32. The SMILES string of the molecule is CC(C)N1CCC(Cc2cncc(-c3cc(F)ccc3C(=O)O)n2)C1. The van der Waals surface area contributed by atoms with Crippen molar-refractivity contribution in [2.45, 2.75) is 32.7 Å². The lowest BCUT2D eigenvalue weighted by Crippen LogP contribution is -2.28. The molecular formula is C19H22FN3O2. The van der Waals surface area contributed by atoms with E-state index < -0.39 is 11.8 Å². The number of likely N-dealkylation sites (tertiary alicyclic amines) is 1. The Bertz CT molecular complexity index is 779. The molecule has 1 fully saturated rings. The van der Waals surface area contributed by atoms with Gasteiger partial charge in [0.15, 0.2) is 0 Å². The predicted molar refractivity (Wildman–Crippen MR) is 92.9 cm³/mol. The fourth-order valence-electron chi connectivity index (χ4n) is 3.34. The molecule has 1 unspecified atom stereocenters. The van der Waals surface area contributed by atoms with E-state index in [0.29, 0.717) is 17.7 Å². The van der Waals surface area contributed by atoms with Gasteiger partial charge in [-0.2, -0.15) is 0 Å². The van der Waals surface area contributed by atoms with Gasteiger partial charge in [-0.15, -0.1) is 0 Å². The molecule has 1 N–H and O–H groups in total. The first-order valence-corrected chi connectivity index (χ1v) is 8.52. The van der Waals surface area contributed by atoms with Crippen LogP contribution in [-0.4, -0.2) is 45.1 Å². The van der Waals surface area contributed by atoms with E-state index in [1.807, 2.05) is 0 Å². The zero-order valence-corrected chi connectivity index (χ0v) is 14.4. The van der Waals surface area contributed by atoms with Gasteiger partial charge in [0.05, 0.1) is 23.1 Å². The molecule has 0 bridgehead atoms. The molecule has 0 aliphatic carbocycles. The number of carboxylic acids is 1. The summed E-state index contributed by atoms with van der Waals surface area (Å²) in [5.74, 6) is -1.08. The second kappa shape index (κ2) is 7.27. The molecule has 0 amide bonds. The first-order valence-electron chi connectivity index (χ1n) is 8.52. The van der Waals surface area contributed by atoms with Crippen molar-refractivity contribution in [1.82, 2.24) is 14.9 Å². The maximum absolute atomic E-state index is 13.6. The normalized spacial score (nSPS) is 18.0. The van der Waals surface area contributed by atoms with Crippen LogP contribution < -0.4 is 0 Å². The van der Waals surface area contributed by atoms with E-state index in [0.717, 1.165) is 37.7 Å². The molecule has 1 aliphatic rings. The summed E-state index contributed by atoms with van der Waals surface area (Å²) in [6.07, 6.45) is 5.10. The number of carbonyl (C=O) groups is 1. The zero-order chi connectivity index (χ0) is 18.0. The maximum atomic E-state index is 13.6. The molecule has 6 heteroatoms. The minimum absolute atomic E-state index is 0.0275. The Balaban J connectivity index is 1.83. The topological polar surface area (TPSA) is 66.3 Å². The molecule has 2 aromatic rings. The monoisotopic (exact) mass is 343 g/mol. The van der Waals surface area contributed by atoms with Gasteiger partial charge in [-0.3, -0.25) is 4.98 Å². The Morgan fingerprint density at radius 3 is 2.88 bits per heavy atom. The van der Waals surface area contributed by atoms with Gasteiger partial charge in [0.25, 0.3) is 0 Å². The Morgan fingerprint density at radius 1 is 1.40 bits per heavy atom. The molecule has 5 nitrogen and oxygen atoms in total. The summed E-state index contributed by atoms with van der Waals surface area (Å²) in [6, 6.07) is 4.14. The van der Waals surface area contributed by atoms with E-state index in [-0.39, 0.29) is 11.1 Å². The average molecular weight is 343 g/mol. The summed E-state index contributed by atoms with van der Waals surface area (Å²) in [5.41, 5.74) is 1.50. The highest BCUT2D eigenvalue weighted by molar-refractivity contribution is 5.95. The number of rotatable bonds is 5. The lowest BCUT2D eigenvalue weighted by molar-refractivity contribution is 0.0697. The smallest absolute Gasteiger partial charge is 0.336 e. The second-order valence-corrected chi connectivity index (χ2v) is 6.84. The van der Waals surface area contributed by atoms with Crippen LogP contribution >= 0.6 is 0 Å². The first kappa shape index (κ1) is 17.5. The molecule has 132 valence electrons. The van der Waals surface area contributed by atoms with Crippen LogP contribution in [0.1, 0.15) is 36.3 Å². The van der Waals surface area contributed by atoms with Gasteiger partial charge in [-0.05, 0) is 57.4 Å². The Hall–Kier alpha value is -2.34. The molecule has 25 heavy (non-hydrogen) atoms. The molecule has 0 radical (unpaired) electrons. The molecule has 1 atom stereocenters. The lowest BCUT2D eigenvalue weighted by atomic mass is 10.0. The molecule has 2 heterocycles. The van der Waals surface area contributed by atoms with Crippen molar-refractivity contribution in [2.24, 2.45) is 5.92 Å². The van der Waals surface area contributed by atoms with E-state index in [2.05, 4.69) is 28.7 Å². The fraction of sp³-hybridized carbons (Fsp3) is 0.421. The number of hydrogen-bond donors (Lipinski definition) is 1. The number of hydrogen-bond acceptors (Lipinski definition) is 4. The van der Waals surface area contributed by atoms with Gasteiger partial charge in [0, 0.05) is 24.3 Å². The highest BCUT2D eigenvalue weighted by Crippen LogP contribution is 2.25. The molecule has 3 rings (SSSR count). The van der Waals surface area contributed by atoms with Gasteiger partial charge in [-0.1, -0.05) is 0 Å². The van der Waals surface area contributed by atoms with Crippen molar-refractivity contribution in [2.75, 3.05) is 13.1 Å². The number of carboxylic acid groups (broad SMARTS) is 1. The number of benzene rings is 1. The highest BCUT2D eigenvalue weighted by atomic mass is 19.1. The van der Waals surface area contributed by atoms with Crippen LogP contribution in [0.2, 0.25) is 0 Å². The van der Waals surface area contributed by atoms with Crippen LogP contribution in [0.4, 0.5) is 4.39 Å². The third kappa shape index (κ3) is 4.02. The lowest BCUT2D eigenvalue weighted by Gasteiger charge is -2.20. The minimum Gasteiger partial charge on any atom is -0.478 e. The van der Waals surface area contributed by atoms with Gasteiger partial charge in [0.2, 0.25) is 0 Å². The predicted octanol–water partition coefficient (Wildman–Crippen LogP) is 3.25. The summed E-state index contributed by atoms with van der Waals surface area (Å²) in [7, 11) is 0. The zero-order valence-electron chi connectivity index (χ0n) is 14.4. The van der Waals surface area contributed by atoms with E-state index in [4.69, 9.17) is 0 Å². The fourth-order valence-corrected chi connectivity index (χ4v) is 3.34. The van der Waals surface area contributed by atoms with E-state index >= 15 is 0 Å². The first-order chi connectivity index (χ1) is 11.9. The minimum atomic E-state index is -1.11. The van der Waals surface area contributed by atoms with Crippen molar-refractivity contribution in [3.05, 3.63) is 47.7 Å². The van der Waals surface area contributed by atoms with Gasteiger partial charge in [-0.25, -0.2) is 14.2 Å². The Kier molecular flexibility index (Phi) is 5.08. The van der Waals surface area contributed by atoms with Crippen molar-refractivity contribution in [3.8, 4) is 11.3 Å². The van der Waals surface area contributed by atoms with Crippen LogP contribution in [0, 0.1) is 11.7 Å². The van der Waals surface area contributed by atoms with Crippen molar-refractivity contribution in [1.29, 1.82) is 0 Å².